The van der Waals surface area contributed by atoms with Gasteiger partial charge in [-0.15, -0.1) is 0 Å². The largest absolute Gasteiger partial charge is 0.482 e. The van der Waals surface area contributed by atoms with Gasteiger partial charge in [-0.05, 0) is 56.4 Å². The number of benzene rings is 1. The quantitative estimate of drug-likeness (QED) is 0.595. The van der Waals surface area contributed by atoms with E-state index in [4.69, 9.17) is 9.47 Å². The Morgan fingerprint density at radius 1 is 1.24 bits per heavy atom. The minimum atomic E-state index is -3.11. The van der Waals surface area contributed by atoms with Gasteiger partial charge < -0.3 is 14.4 Å². The van der Waals surface area contributed by atoms with Crippen molar-refractivity contribution in [1.29, 1.82) is 0 Å². The summed E-state index contributed by atoms with van der Waals surface area (Å²) in [7, 11) is -3.11. The lowest BCUT2D eigenvalue weighted by atomic mass is 9.98. The maximum absolute atomic E-state index is 12.6. The zero-order valence-electron chi connectivity index (χ0n) is 17.8. The van der Waals surface area contributed by atoms with E-state index in [1.54, 1.807) is 6.92 Å². The number of nitrogens with zero attached hydrogens (tertiary/aromatic N) is 1. The predicted octanol–water partition coefficient (Wildman–Crippen LogP) is 2.46. The van der Waals surface area contributed by atoms with Crippen LogP contribution in [0.4, 0.5) is 0 Å². The molecule has 1 heterocycles. The molecule has 7 nitrogen and oxygen atoms in total. The van der Waals surface area contributed by atoms with Crippen molar-refractivity contribution in [2.75, 3.05) is 24.7 Å². The van der Waals surface area contributed by atoms with E-state index >= 15 is 0 Å². The van der Waals surface area contributed by atoms with E-state index < -0.39 is 21.9 Å². The van der Waals surface area contributed by atoms with E-state index in [1.165, 1.54) is 17.4 Å². The summed E-state index contributed by atoms with van der Waals surface area (Å²) in [5.74, 6) is -0.0290. The summed E-state index contributed by atoms with van der Waals surface area (Å²) in [6.07, 6.45) is -0.586. The van der Waals surface area contributed by atoms with Crippen LogP contribution in [-0.4, -0.2) is 62.0 Å². The number of likely N-dealkylation sites (N-methyl/N-ethyl adjacent to an activating group) is 1. The highest BCUT2D eigenvalue weighted by atomic mass is 32.2. The van der Waals surface area contributed by atoms with Crippen LogP contribution < -0.4 is 4.74 Å². The number of rotatable bonds is 8. The Morgan fingerprint density at radius 2 is 1.93 bits per heavy atom. The lowest BCUT2D eigenvalue weighted by Crippen LogP contribution is -2.46. The van der Waals surface area contributed by atoms with Crippen LogP contribution in [0, 0.1) is 6.92 Å². The molecule has 162 valence electrons. The number of esters is 1. The maximum atomic E-state index is 12.6. The molecule has 0 radical (unpaired) electrons. The highest BCUT2D eigenvalue weighted by molar-refractivity contribution is 7.91. The molecule has 0 N–H and O–H groups in total. The molecule has 1 saturated heterocycles. The van der Waals surface area contributed by atoms with Crippen molar-refractivity contribution < 1.29 is 27.5 Å². The van der Waals surface area contributed by atoms with Gasteiger partial charge in [-0.1, -0.05) is 19.9 Å². The smallest absolute Gasteiger partial charge is 0.344 e. The van der Waals surface area contributed by atoms with Crippen LogP contribution >= 0.6 is 0 Å². The minimum Gasteiger partial charge on any atom is -0.482 e. The van der Waals surface area contributed by atoms with Crippen molar-refractivity contribution in [2.45, 2.75) is 59.1 Å². The fraction of sp³-hybridized carbons (Fsp3) is 0.619. The molecule has 1 aromatic rings. The first kappa shape index (κ1) is 23.2. The summed E-state index contributed by atoms with van der Waals surface area (Å²) in [4.78, 5) is 26.2. The van der Waals surface area contributed by atoms with Crippen LogP contribution in [0.1, 0.15) is 51.2 Å². The molecule has 29 heavy (non-hydrogen) atoms. The highest BCUT2D eigenvalue weighted by Crippen LogP contribution is 2.23. The molecule has 0 bridgehead atoms. The zero-order chi connectivity index (χ0) is 21.8. The third-order valence-corrected chi connectivity index (χ3v) is 6.90. The molecule has 2 rings (SSSR count). The summed E-state index contributed by atoms with van der Waals surface area (Å²) < 4.78 is 34.1. The Morgan fingerprint density at radius 3 is 2.45 bits per heavy atom. The first-order valence-corrected chi connectivity index (χ1v) is 11.8. The molecule has 1 aliphatic rings. The average molecular weight is 426 g/mol. The van der Waals surface area contributed by atoms with Crippen molar-refractivity contribution in [3.63, 3.8) is 0 Å². The Bertz CT molecular complexity index is 849. The van der Waals surface area contributed by atoms with Gasteiger partial charge in [-0.25, -0.2) is 13.2 Å². The van der Waals surface area contributed by atoms with Crippen molar-refractivity contribution in [2.24, 2.45) is 0 Å². The van der Waals surface area contributed by atoms with E-state index in [9.17, 15) is 18.0 Å². The van der Waals surface area contributed by atoms with E-state index in [1.807, 2.05) is 25.1 Å². The second-order valence-electron chi connectivity index (χ2n) is 7.77. The van der Waals surface area contributed by atoms with E-state index in [0.717, 1.165) is 5.56 Å². The molecule has 0 aromatic heterocycles. The number of hydrogen-bond acceptors (Lipinski definition) is 6. The number of amides is 1. The molecule has 0 saturated carbocycles. The van der Waals surface area contributed by atoms with Gasteiger partial charge in [0.05, 0.1) is 11.5 Å². The van der Waals surface area contributed by atoms with Gasteiger partial charge in [0.25, 0.3) is 5.91 Å². The van der Waals surface area contributed by atoms with Crippen LogP contribution in [0.2, 0.25) is 0 Å². The fourth-order valence-electron chi connectivity index (χ4n) is 3.66. The van der Waals surface area contributed by atoms with Gasteiger partial charge in [0.1, 0.15) is 5.75 Å². The molecule has 0 aliphatic carbocycles. The Kier molecular flexibility index (Phi) is 7.68. The second-order valence-corrected chi connectivity index (χ2v) is 10.0. The van der Waals surface area contributed by atoms with Crippen LogP contribution in [0.3, 0.4) is 0 Å². The average Bonchev–Trinajstić information content (AvgIpc) is 2.99. The van der Waals surface area contributed by atoms with E-state index in [-0.39, 0.29) is 30.1 Å². The number of sulfone groups is 1. The molecule has 8 heteroatoms. The van der Waals surface area contributed by atoms with Crippen LogP contribution in [0.25, 0.3) is 0 Å². The van der Waals surface area contributed by atoms with E-state index in [0.29, 0.717) is 24.6 Å². The molecule has 0 unspecified atom stereocenters. The van der Waals surface area contributed by atoms with Gasteiger partial charge in [0, 0.05) is 12.6 Å². The van der Waals surface area contributed by atoms with Gasteiger partial charge in [0.15, 0.2) is 22.5 Å². The monoisotopic (exact) mass is 425 g/mol. The Balaban J connectivity index is 1.89. The number of aryl methyl sites for hydroxylation is 1. The summed E-state index contributed by atoms with van der Waals surface area (Å²) >= 11 is 0. The first-order chi connectivity index (χ1) is 13.5. The SMILES string of the molecule is CCN(C(=O)[C@@H](C)OC(=O)COc1ccc(C(C)C)c(C)c1)[C@H]1CCS(=O)(=O)C1. The number of carbonyl (C=O) groups excluding carboxylic acids is 2. The lowest BCUT2D eigenvalue weighted by Gasteiger charge is -2.29. The van der Waals surface area contributed by atoms with Crippen molar-refractivity contribution in [3.8, 4) is 5.75 Å². The van der Waals surface area contributed by atoms with Gasteiger partial charge in [-0.3, -0.25) is 4.79 Å². The molecule has 1 aliphatic heterocycles. The van der Waals surface area contributed by atoms with E-state index in [2.05, 4.69) is 13.8 Å². The summed E-state index contributed by atoms with van der Waals surface area (Å²) in [6.45, 7) is 9.54. The molecule has 0 spiro atoms. The van der Waals surface area contributed by atoms with Gasteiger partial charge >= 0.3 is 5.97 Å². The fourth-order valence-corrected chi connectivity index (χ4v) is 5.39. The van der Waals surface area contributed by atoms with Gasteiger partial charge in [0.2, 0.25) is 0 Å². The first-order valence-electron chi connectivity index (χ1n) is 9.97. The maximum Gasteiger partial charge on any atom is 0.344 e. The summed E-state index contributed by atoms with van der Waals surface area (Å²) in [5.41, 5.74) is 2.30. The number of ether oxygens (including phenoxy) is 2. The van der Waals surface area contributed by atoms with Crippen molar-refractivity contribution >= 4 is 21.7 Å². The summed E-state index contributed by atoms with van der Waals surface area (Å²) in [5, 5.41) is 0. The number of hydrogen-bond donors (Lipinski definition) is 0. The summed E-state index contributed by atoms with van der Waals surface area (Å²) in [6, 6.07) is 5.29. The van der Waals surface area contributed by atoms with Crippen molar-refractivity contribution in [1.82, 2.24) is 4.90 Å². The van der Waals surface area contributed by atoms with Crippen LogP contribution in [0.5, 0.6) is 5.75 Å². The van der Waals surface area contributed by atoms with Crippen LogP contribution in [0.15, 0.2) is 18.2 Å². The molecule has 2 atom stereocenters. The third kappa shape index (κ3) is 6.19. The molecule has 1 amide bonds. The topological polar surface area (TPSA) is 90.0 Å². The van der Waals surface area contributed by atoms with Crippen LogP contribution in [-0.2, 0) is 24.2 Å². The molecule has 1 aromatic carbocycles. The van der Waals surface area contributed by atoms with Gasteiger partial charge in [-0.2, -0.15) is 0 Å². The second kappa shape index (κ2) is 9.61. The van der Waals surface area contributed by atoms with Crippen molar-refractivity contribution in [3.05, 3.63) is 29.3 Å². The Hall–Kier alpha value is -2.09. The Labute approximate surface area is 173 Å². The predicted molar refractivity (Wildman–Crippen MR) is 111 cm³/mol. The highest BCUT2D eigenvalue weighted by Gasteiger charge is 2.36. The normalized spacial score (nSPS) is 19.0. The standard InChI is InChI=1S/C21H31NO6S/c1-6-22(17-9-10-29(25,26)13-17)21(24)16(5)28-20(23)12-27-18-7-8-19(14(2)3)15(4)11-18/h7-8,11,14,16-17H,6,9-10,12-13H2,1-5H3/t16-,17+/m1/s1. The zero-order valence-corrected chi connectivity index (χ0v) is 18.6. The molecular weight excluding hydrogens is 394 g/mol. The number of carbonyl (C=O) groups is 2. The molecular formula is C21H31NO6S. The lowest BCUT2D eigenvalue weighted by molar-refractivity contribution is -0.161. The third-order valence-electron chi connectivity index (χ3n) is 5.15. The molecule has 1 fully saturated rings. The minimum absolute atomic E-state index is 0.0396.